The monoisotopic (exact) mass is 357 g/mol. The van der Waals surface area contributed by atoms with Crippen LogP contribution in [0.4, 0.5) is 0 Å². The molecule has 0 amide bonds. The van der Waals surface area contributed by atoms with Gasteiger partial charge >= 0.3 is 5.97 Å². The minimum Gasteiger partial charge on any atom is -0.468 e. The van der Waals surface area contributed by atoms with E-state index in [1.165, 1.54) is 12.0 Å². The molecule has 0 radical (unpaired) electrons. The van der Waals surface area contributed by atoms with E-state index in [-0.39, 0.29) is 11.9 Å². The number of methoxy groups -OCH3 is 1. The Kier molecular flexibility index (Phi) is 5.52. The van der Waals surface area contributed by atoms with Gasteiger partial charge in [-0.25, -0.2) is 0 Å². The van der Waals surface area contributed by atoms with Gasteiger partial charge in [0.25, 0.3) is 0 Å². The lowest BCUT2D eigenvalue weighted by atomic mass is 9.86. The van der Waals surface area contributed by atoms with E-state index < -0.39 is 5.54 Å². The van der Waals surface area contributed by atoms with Gasteiger partial charge in [0.1, 0.15) is 5.54 Å². The third-order valence-corrected chi connectivity index (χ3v) is 5.56. The lowest BCUT2D eigenvalue weighted by Crippen LogP contribution is -2.51. The van der Waals surface area contributed by atoms with Crippen molar-refractivity contribution in [2.24, 2.45) is 11.7 Å². The van der Waals surface area contributed by atoms with Crippen molar-refractivity contribution in [1.29, 1.82) is 0 Å². The molecule has 1 aromatic carbocycles. The van der Waals surface area contributed by atoms with Crippen LogP contribution in [-0.2, 0) is 9.53 Å². The van der Waals surface area contributed by atoms with Crippen LogP contribution in [-0.4, -0.2) is 24.4 Å². The van der Waals surface area contributed by atoms with E-state index in [2.05, 4.69) is 28.1 Å². The summed E-state index contributed by atoms with van der Waals surface area (Å²) in [5, 5.41) is 0. The lowest BCUT2D eigenvalue weighted by molar-refractivity contribution is -0.148. The van der Waals surface area contributed by atoms with Gasteiger partial charge in [0.05, 0.1) is 7.11 Å². The van der Waals surface area contributed by atoms with Crippen molar-refractivity contribution in [1.82, 2.24) is 0 Å². The van der Waals surface area contributed by atoms with E-state index in [4.69, 9.17) is 10.5 Å². The molecule has 5 heteroatoms. The molecular formula is C15H20BrNO2S. The number of esters is 1. The third kappa shape index (κ3) is 3.57. The molecule has 1 fully saturated rings. The minimum absolute atomic E-state index is 0.234. The molecule has 0 saturated heterocycles. The fourth-order valence-electron chi connectivity index (χ4n) is 2.81. The fourth-order valence-corrected chi connectivity index (χ4v) is 4.04. The lowest BCUT2D eigenvalue weighted by Gasteiger charge is -2.28. The maximum absolute atomic E-state index is 11.9. The Balaban J connectivity index is 1.87. The number of hydrogen-bond donors (Lipinski definition) is 1. The Morgan fingerprint density at radius 3 is 2.85 bits per heavy atom. The van der Waals surface area contributed by atoms with Crippen LogP contribution in [0.1, 0.15) is 25.7 Å². The highest BCUT2D eigenvalue weighted by Gasteiger charge is 2.46. The predicted molar refractivity (Wildman–Crippen MR) is 85.8 cm³/mol. The van der Waals surface area contributed by atoms with Gasteiger partial charge in [-0.3, -0.25) is 4.79 Å². The molecular weight excluding hydrogens is 338 g/mol. The molecule has 20 heavy (non-hydrogen) atoms. The number of nitrogens with two attached hydrogens (primary N) is 1. The van der Waals surface area contributed by atoms with Crippen molar-refractivity contribution >= 4 is 33.7 Å². The number of carbonyl (C=O) groups excluding carboxylic acids is 1. The third-order valence-electron chi connectivity index (χ3n) is 3.99. The number of carbonyl (C=O) groups is 1. The highest BCUT2D eigenvalue weighted by Crippen LogP contribution is 2.38. The Morgan fingerprint density at radius 1 is 1.50 bits per heavy atom. The standard InChI is InChI=1S/C15H20BrNO2S/c1-19-14(18)15(17)9-2-3-11(15)8-10-20-13-6-4-12(16)5-7-13/h4-7,11H,2-3,8-10,17H2,1H3. The molecule has 2 atom stereocenters. The van der Waals surface area contributed by atoms with Crippen LogP contribution in [0.3, 0.4) is 0 Å². The van der Waals surface area contributed by atoms with E-state index in [1.54, 1.807) is 0 Å². The molecule has 0 spiro atoms. The predicted octanol–water partition coefficient (Wildman–Crippen LogP) is 3.60. The first-order chi connectivity index (χ1) is 9.56. The second-order valence-corrected chi connectivity index (χ2v) is 7.30. The second-order valence-electron chi connectivity index (χ2n) is 5.21. The van der Waals surface area contributed by atoms with E-state index in [0.717, 1.165) is 35.9 Å². The number of halogens is 1. The van der Waals surface area contributed by atoms with Crippen molar-refractivity contribution in [2.75, 3.05) is 12.9 Å². The Bertz CT molecular complexity index is 465. The van der Waals surface area contributed by atoms with E-state index in [0.29, 0.717) is 0 Å². The quantitative estimate of drug-likeness (QED) is 0.646. The Labute approximate surface area is 132 Å². The van der Waals surface area contributed by atoms with Gasteiger partial charge in [0.2, 0.25) is 0 Å². The summed E-state index contributed by atoms with van der Waals surface area (Å²) in [6, 6.07) is 8.28. The first-order valence-corrected chi connectivity index (χ1v) is 8.60. The first kappa shape index (κ1) is 15.9. The van der Waals surface area contributed by atoms with E-state index in [9.17, 15) is 4.79 Å². The molecule has 0 heterocycles. The van der Waals surface area contributed by atoms with Crippen LogP contribution < -0.4 is 5.73 Å². The van der Waals surface area contributed by atoms with Gasteiger partial charge in [0, 0.05) is 9.37 Å². The largest absolute Gasteiger partial charge is 0.468 e. The van der Waals surface area contributed by atoms with Gasteiger partial charge in [-0.1, -0.05) is 22.4 Å². The number of rotatable bonds is 5. The first-order valence-electron chi connectivity index (χ1n) is 6.82. The number of ether oxygens (including phenoxy) is 1. The summed E-state index contributed by atoms with van der Waals surface area (Å²) in [6.07, 6.45) is 3.73. The maximum Gasteiger partial charge on any atom is 0.326 e. The van der Waals surface area contributed by atoms with Crippen LogP contribution in [0.5, 0.6) is 0 Å². The molecule has 0 aliphatic heterocycles. The summed E-state index contributed by atoms with van der Waals surface area (Å²) in [6.45, 7) is 0. The molecule has 0 bridgehead atoms. The van der Waals surface area contributed by atoms with Gasteiger partial charge in [0.15, 0.2) is 0 Å². The van der Waals surface area contributed by atoms with Gasteiger partial charge in [-0.15, -0.1) is 11.8 Å². The topological polar surface area (TPSA) is 52.3 Å². The molecule has 1 aliphatic carbocycles. The molecule has 0 aromatic heterocycles. The van der Waals surface area contributed by atoms with Crippen LogP contribution in [0.15, 0.2) is 33.6 Å². The van der Waals surface area contributed by atoms with E-state index >= 15 is 0 Å². The van der Waals surface area contributed by atoms with Crippen LogP contribution in [0.2, 0.25) is 0 Å². The second kappa shape index (κ2) is 6.96. The molecule has 2 N–H and O–H groups in total. The summed E-state index contributed by atoms with van der Waals surface area (Å²) < 4.78 is 5.96. The normalized spacial score (nSPS) is 25.6. The average Bonchev–Trinajstić information content (AvgIpc) is 2.83. The van der Waals surface area contributed by atoms with Gasteiger partial charge < -0.3 is 10.5 Å². The summed E-state index contributed by atoms with van der Waals surface area (Å²) in [5.41, 5.74) is 5.50. The van der Waals surface area contributed by atoms with Crippen molar-refractivity contribution in [3.8, 4) is 0 Å². The fraction of sp³-hybridized carbons (Fsp3) is 0.533. The number of benzene rings is 1. The van der Waals surface area contributed by atoms with Crippen LogP contribution in [0, 0.1) is 5.92 Å². The Morgan fingerprint density at radius 2 is 2.20 bits per heavy atom. The highest BCUT2D eigenvalue weighted by molar-refractivity contribution is 9.10. The van der Waals surface area contributed by atoms with Gasteiger partial charge in [-0.2, -0.15) is 0 Å². The SMILES string of the molecule is COC(=O)C1(N)CCCC1CCSc1ccc(Br)cc1. The van der Waals surface area contributed by atoms with Gasteiger partial charge in [-0.05, 0) is 55.2 Å². The zero-order valence-corrected chi connectivity index (χ0v) is 14.0. The summed E-state index contributed by atoms with van der Waals surface area (Å²) in [7, 11) is 1.42. The smallest absolute Gasteiger partial charge is 0.326 e. The zero-order chi connectivity index (χ0) is 14.6. The molecule has 110 valence electrons. The summed E-state index contributed by atoms with van der Waals surface area (Å²) in [4.78, 5) is 13.1. The molecule has 1 aliphatic rings. The van der Waals surface area contributed by atoms with Crippen LogP contribution >= 0.6 is 27.7 Å². The molecule has 2 rings (SSSR count). The summed E-state index contributed by atoms with van der Waals surface area (Å²) >= 11 is 5.24. The molecule has 3 nitrogen and oxygen atoms in total. The zero-order valence-electron chi connectivity index (χ0n) is 11.6. The Hall–Kier alpha value is -0.520. The highest BCUT2D eigenvalue weighted by atomic mass is 79.9. The van der Waals surface area contributed by atoms with Crippen molar-refractivity contribution in [2.45, 2.75) is 36.1 Å². The maximum atomic E-state index is 11.9. The van der Waals surface area contributed by atoms with Crippen molar-refractivity contribution in [3.63, 3.8) is 0 Å². The molecule has 1 saturated carbocycles. The van der Waals surface area contributed by atoms with E-state index in [1.807, 2.05) is 23.9 Å². The van der Waals surface area contributed by atoms with Crippen molar-refractivity contribution < 1.29 is 9.53 Å². The molecule has 2 unspecified atom stereocenters. The summed E-state index contributed by atoms with van der Waals surface area (Å²) in [5.74, 6) is 0.953. The number of thioether (sulfide) groups is 1. The number of hydrogen-bond acceptors (Lipinski definition) is 4. The average molecular weight is 358 g/mol. The van der Waals surface area contributed by atoms with Crippen molar-refractivity contribution in [3.05, 3.63) is 28.7 Å². The minimum atomic E-state index is -0.769. The van der Waals surface area contributed by atoms with Crippen LogP contribution in [0.25, 0.3) is 0 Å². The molecule has 1 aromatic rings.